The maximum absolute atomic E-state index is 12.6. The fourth-order valence-corrected chi connectivity index (χ4v) is 2.95. The molecule has 1 unspecified atom stereocenters. The molecule has 1 amide bonds. The van der Waals surface area contributed by atoms with Crippen molar-refractivity contribution in [1.29, 1.82) is 5.26 Å². The fraction of sp³-hybridized carbons (Fsp3) is 0.0909. The van der Waals surface area contributed by atoms with Gasteiger partial charge in [-0.15, -0.1) is 0 Å². The normalized spacial score (nSPS) is 15.1. The van der Waals surface area contributed by atoms with Crippen molar-refractivity contribution in [3.63, 3.8) is 0 Å². The second-order valence-electron chi connectivity index (χ2n) is 6.12. The highest BCUT2D eigenvalue weighted by Crippen LogP contribution is 2.38. The minimum atomic E-state index is -0.890. The summed E-state index contributed by atoms with van der Waals surface area (Å²) >= 11 is 0. The summed E-state index contributed by atoms with van der Waals surface area (Å²) in [4.78, 5) is 12.6. The molecule has 4 rings (SSSR count). The molecule has 3 aromatic carbocycles. The maximum atomic E-state index is 12.6. The lowest BCUT2D eigenvalue weighted by Crippen LogP contribution is -2.30. The van der Waals surface area contributed by atoms with Crippen LogP contribution in [0.5, 0.6) is 11.5 Å². The van der Waals surface area contributed by atoms with E-state index in [1.165, 1.54) is 0 Å². The van der Waals surface area contributed by atoms with Crippen LogP contribution < -0.4 is 14.8 Å². The maximum Gasteiger partial charge on any atom is 0.270 e. The number of nitrogens with zero attached hydrogens (tertiary/aromatic N) is 1. The number of anilines is 1. The summed E-state index contributed by atoms with van der Waals surface area (Å²) in [5.41, 5.74) is 2.60. The number of fused-ring (bicyclic) bond motifs is 1. The zero-order chi connectivity index (χ0) is 18.6. The van der Waals surface area contributed by atoms with Gasteiger partial charge >= 0.3 is 0 Å². The van der Waals surface area contributed by atoms with Crippen LogP contribution in [0.15, 0.2) is 72.8 Å². The van der Waals surface area contributed by atoms with Gasteiger partial charge in [-0.25, -0.2) is 0 Å². The van der Waals surface area contributed by atoms with Crippen molar-refractivity contribution in [3.05, 3.63) is 89.5 Å². The predicted octanol–water partition coefficient (Wildman–Crippen LogP) is 4.21. The van der Waals surface area contributed by atoms with Gasteiger partial charge in [0.15, 0.2) is 0 Å². The number of amides is 1. The molecular weight excluding hydrogens is 340 g/mol. The monoisotopic (exact) mass is 356 g/mol. The zero-order valence-corrected chi connectivity index (χ0v) is 14.4. The Labute approximate surface area is 156 Å². The lowest BCUT2D eigenvalue weighted by atomic mass is 10.0. The number of nitriles is 1. The lowest BCUT2D eigenvalue weighted by molar-refractivity contribution is -0.123. The van der Waals surface area contributed by atoms with Crippen molar-refractivity contribution in [1.82, 2.24) is 0 Å². The average molecular weight is 356 g/mol. The van der Waals surface area contributed by atoms with E-state index in [9.17, 15) is 10.1 Å². The first-order valence-corrected chi connectivity index (χ1v) is 8.52. The van der Waals surface area contributed by atoms with Gasteiger partial charge in [0.05, 0.1) is 17.3 Å². The van der Waals surface area contributed by atoms with Crippen molar-refractivity contribution >= 4 is 11.6 Å². The van der Waals surface area contributed by atoms with E-state index in [2.05, 4.69) is 11.4 Å². The smallest absolute Gasteiger partial charge is 0.270 e. The minimum absolute atomic E-state index is 0.298. The number of carbonyl (C=O) groups excluding carboxylic acids is 1. The van der Waals surface area contributed by atoms with Crippen molar-refractivity contribution in [2.45, 2.75) is 12.7 Å². The molecule has 0 bridgehead atoms. The molecule has 0 spiro atoms. The van der Waals surface area contributed by atoms with Crippen LogP contribution in [0.2, 0.25) is 0 Å². The number of ether oxygens (including phenoxy) is 2. The van der Waals surface area contributed by atoms with Gasteiger partial charge in [0.2, 0.25) is 6.10 Å². The summed E-state index contributed by atoms with van der Waals surface area (Å²) in [5, 5.41) is 12.1. The van der Waals surface area contributed by atoms with Crippen LogP contribution in [0.1, 0.15) is 22.8 Å². The summed E-state index contributed by atoms with van der Waals surface area (Å²) in [6.45, 7) is 0.352. The Kier molecular flexibility index (Phi) is 4.46. The highest BCUT2D eigenvalue weighted by molar-refractivity contribution is 5.98. The number of nitrogens with one attached hydrogen (secondary N) is 1. The third-order valence-corrected chi connectivity index (χ3v) is 4.29. The van der Waals surface area contributed by atoms with Crippen molar-refractivity contribution in [2.24, 2.45) is 0 Å². The van der Waals surface area contributed by atoms with Crippen LogP contribution in [-0.4, -0.2) is 5.91 Å². The van der Waals surface area contributed by atoms with Crippen LogP contribution in [-0.2, 0) is 11.4 Å². The van der Waals surface area contributed by atoms with E-state index in [1.54, 1.807) is 30.3 Å². The van der Waals surface area contributed by atoms with Gasteiger partial charge in [0.25, 0.3) is 5.91 Å². The molecule has 5 nitrogen and oxygen atoms in total. The van der Waals surface area contributed by atoms with Crippen LogP contribution in [0.25, 0.3) is 0 Å². The summed E-state index contributed by atoms with van der Waals surface area (Å²) in [7, 11) is 0. The Bertz CT molecular complexity index is 1030. The van der Waals surface area contributed by atoms with Gasteiger partial charge in [-0.1, -0.05) is 42.5 Å². The Balaban J connectivity index is 1.66. The van der Waals surface area contributed by atoms with Crippen LogP contribution in [0.4, 0.5) is 5.69 Å². The number of para-hydroxylation sites is 2. The molecule has 0 saturated heterocycles. The summed E-state index contributed by atoms with van der Waals surface area (Å²) in [6, 6.07) is 24.1. The SMILES string of the molecule is N#Cc1ccc(OCc2ccccc2)c(C2Oc3ccccc3NC2=O)c1. The van der Waals surface area contributed by atoms with E-state index < -0.39 is 6.10 Å². The molecule has 1 heterocycles. The van der Waals surface area contributed by atoms with Crippen LogP contribution >= 0.6 is 0 Å². The molecule has 5 heteroatoms. The standard InChI is InChI=1S/C22H16N2O3/c23-13-16-10-11-19(26-14-15-6-2-1-3-7-15)17(12-16)21-22(25)24-18-8-4-5-9-20(18)27-21/h1-12,21H,14H2,(H,24,25). The van der Waals surface area contributed by atoms with E-state index in [4.69, 9.17) is 9.47 Å². The second kappa shape index (κ2) is 7.22. The van der Waals surface area contributed by atoms with E-state index >= 15 is 0 Å². The van der Waals surface area contributed by atoms with Crippen molar-refractivity contribution in [2.75, 3.05) is 5.32 Å². The first-order valence-electron chi connectivity index (χ1n) is 8.52. The Morgan fingerprint density at radius 2 is 1.81 bits per heavy atom. The van der Waals surface area contributed by atoms with E-state index in [-0.39, 0.29) is 5.91 Å². The minimum Gasteiger partial charge on any atom is -0.488 e. The number of benzene rings is 3. The number of rotatable bonds is 4. The highest BCUT2D eigenvalue weighted by Gasteiger charge is 2.31. The summed E-state index contributed by atoms with van der Waals surface area (Å²) in [6.07, 6.45) is -0.890. The van der Waals surface area contributed by atoms with E-state index in [0.717, 1.165) is 5.56 Å². The third-order valence-electron chi connectivity index (χ3n) is 4.29. The van der Waals surface area contributed by atoms with Crippen molar-refractivity contribution < 1.29 is 14.3 Å². The van der Waals surface area contributed by atoms with Gasteiger partial charge in [-0.05, 0) is 35.9 Å². The molecule has 0 aliphatic carbocycles. The predicted molar refractivity (Wildman–Crippen MR) is 100 cm³/mol. The Hall–Kier alpha value is -3.78. The van der Waals surface area contributed by atoms with Crippen LogP contribution in [0.3, 0.4) is 0 Å². The quantitative estimate of drug-likeness (QED) is 0.760. The van der Waals surface area contributed by atoms with Gasteiger partial charge in [-0.3, -0.25) is 4.79 Å². The van der Waals surface area contributed by atoms with Gasteiger partial charge in [0.1, 0.15) is 18.1 Å². The molecule has 132 valence electrons. The molecule has 27 heavy (non-hydrogen) atoms. The zero-order valence-electron chi connectivity index (χ0n) is 14.4. The third kappa shape index (κ3) is 3.46. The van der Waals surface area contributed by atoms with Gasteiger partial charge in [0, 0.05) is 5.56 Å². The summed E-state index contributed by atoms with van der Waals surface area (Å²) < 4.78 is 11.9. The second-order valence-corrected chi connectivity index (χ2v) is 6.12. The Morgan fingerprint density at radius 1 is 1.04 bits per heavy atom. The molecule has 0 fully saturated rings. The molecule has 1 aliphatic rings. The van der Waals surface area contributed by atoms with Gasteiger partial charge in [-0.2, -0.15) is 5.26 Å². The first kappa shape index (κ1) is 16.7. The fourth-order valence-electron chi connectivity index (χ4n) is 2.95. The molecule has 1 N–H and O–H groups in total. The molecule has 1 atom stereocenters. The first-order chi connectivity index (χ1) is 13.2. The molecular formula is C22H16N2O3. The number of carbonyl (C=O) groups is 1. The molecule has 3 aromatic rings. The largest absolute Gasteiger partial charge is 0.488 e. The molecule has 0 radical (unpaired) electrons. The number of hydrogen-bond donors (Lipinski definition) is 1. The highest BCUT2D eigenvalue weighted by atomic mass is 16.5. The van der Waals surface area contributed by atoms with Gasteiger partial charge < -0.3 is 14.8 Å². The molecule has 0 aromatic heterocycles. The van der Waals surface area contributed by atoms with E-state index in [1.807, 2.05) is 42.5 Å². The average Bonchev–Trinajstić information content (AvgIpc) is 2.72. The lowest BCUT2D eigenvalue weighted by Gasteiger charge is -2.27. The molecule has 0 saturated carbocycles. The number of hydrogen-bond acceptors (Lipinski definition) is 4. The van der Waals surface area contributed by atoms with Crippen LogP contribution in [0, 0.1) is 11.3 Å². The topological polar surface area (TPSA) is 71.3 Å². The molecule has 1 aliphatic heterocycles. The van der Waals surface area contributed by atoms with Crippen molar-refractivity contribution in [3.8, 4) is 17.6 Å². The Morgan fingerprint density at radius 3 is 2.63 bits per heavy atom. The van der Waals surface area contributed by atoms with E-state index in [0.29, 0.717) is 34.9 Å². The summed E-state index contributed by atoms with van der Waals surface area (Å²) in [5.74, 6) is 0.796.